The van der Waals surface area contributed by atoms with Crippen molar-refractivity contribution < 1.29 is 23.2 Å². The molecule has 0 radical (unpaired) electrons. The molecular formula is C13H16Cl2NO5P. The number of carbonyl (C=O) groups is 1. The van der Waals surface area contributed by atoms with Crippen LogP contribution in [-0.2, 0) is 18.7 Å². The number of hydroxylamine groups is 2. The van der Waals surface area contributed by atoms with Crippen LogP contribution in [0.1, 0.15) is 19.8 Å². The minimum atomic E-state index is -4.09. The molecule has 1 heterocycles. The lowest BCUT2D eigenvalue weighted by molar-refractivity contribution is -0.181. The predicted octanol–water partition coefficient (Wildman–Crippen LogP) is 4.02. The zero-order valence-corrected chi connectivity index (χ0v) is 14.3. The highest BCUT2D eigenvalue weighted by molar-refractivity contribution is 7.82. The second kappa shape index (κ2) is 7.66. The lowest BCUT2D eigenvalue weighted by Gasteiger charge is -2.22. The Balaban J connectivity index is 1.97. The molecule has 1 aromatic rings. The van der Waals surface area contributed by atoms with Gasteiger partial charge in [-0.05, 0) is 44.0 Å². The van der Waals surface area contributed by atoms with Crippen LogP contribution in [0.2, 0.25) is 5.02 Å². The van der Waals surface area contributed by atoms with Crippen LogP contribution in [0, 0.1) is 0 Å². The van der Waals surface area contributed by atoms with Gasteiger partial charge in [0.25, 0.3) is 0 Å². The number of hydrogen-bond donors (Lipinski definition) is 0. The van der Waals surface area contributed by atoms with Crippen LogP contribution in [0.3, 0.4) is 0 Å². The zero-order valence-electron chi connectivity index (χ0n) is 11.9. The third-order valence-electron chi connectivity index (χ3n) is 3.00. The lowest BCUT2D eigenvalue weighted by atomic mass is 10.2. The normalized spacial score (nSPS) is 21.3. The van der Waals surface area contributed by atoms with Crippen molar-refractivity contribution in [2.75, 3.05) is 13.2 Å². The Kier molecular flexibility index (Phi) is 6.12. The first-order valence-electron chi connectivity index (χ1n) is 6.79. The fourth-order valence-electron chi connectivity index (χ4n) is 2.10. The smallest absolute Gasteiger partial charge is 0.405 e. The van der Waals surface area contributed by atoms with E-state index >= 15 is 0 Å². The summed E-state index contributed by atoms with van der Waals surface area (Å²) in [6.07, 6.45) is 1.33. The van der Waals surface area contributed by atoms with Crippen molar-refractivity contribution in [3.63, 3.8) is 0 Å². The minimum absolute atomic E-state index is 0.198. The molecule has 0 aromatic heterocycles. The fourth-order valence-corrected chi connectivity index (χ4v) is 3.42. The second-order valence-corrected chi connectivity index (χ2v) is 7.51. The fraction of sp³-hybridized carbons (Fsp3) is 0.462. The van der Waals surface area contributed by atoms with E-state index < -0.39 is 19.0 Å². The van der Waals surface area contributed by atoms with E-state index in [0.29, 0.717) is 24.6 Å². The molecule has 1 aromatic carbocycles. The molecule has 1 saturated heterocycles. The van der Waals surface area contributed by atoms with E-state index in [1.807, 2.05) is 6.92 Å². The van der Waals surface area contributed by atoms with Crippen LogP contribution in [0.25, 0.3) is 0 Å². The first kappa shape index (κ1) is 17.6. The van der Waals surface area contributed by atoms with Gasteiger partial charge in [-0.25, -0.2) is 9.36 Å². The Bertz CT molecular complexity index is 568. The van der Waals surface area contributed by atoms with Gasteiger partial charge in [0.15, 0.2) is 0 Å². The van der Waals surface area contributed by atoms with E-state index in [1.165, 1.54) is 17.2 Å². The standard InChI is InChI=1S/C13H16Cl2NO5P/c1-2-19-16-9-3-4-12(16)13(17)21-22(15,18)20-11-7-5-10(14)6-8-11/h5-8,12H,2-4,9H2,1H3/t12-,22?/m0/s1. The second-order valence-electron chi connectivity index (χ2n) is 4.60. The Hall–Kier alpha value is -0.780. The van der Waals surface area contributed by atoms with Gasteiger partial charge >= 0.3 is 12.9 Å². The number of hydrogen-bond acceptors (Lipinski definition) is 6. The molecule has 0 saturated carbocycles. The molecular weight excluding hydrogens is 352 g/mol. The summed E-state index contributed by atoms with van der Waals surface area (Å²) in [7, 11) is 0. The van der Waals surface area contributed by atoms with Gasteiger partial charge in [0.2, 0.25) is 0 Å². The molecule has 0 spiro atoms. The third kappa shape index (κ3) is 4.86. The zero-order chi connectivity index (χ0) is 16.2. The van der Waals surface area contributed by atoms with E-state index in [9.17, 15) is 9.36 Å². The van der Waals surface area contributed by atoms with E-state index in [0.717, 1.165) is 6.42 Å². The van der Waals surface area contributed by atoms with Crippen molar-refractivity contribution >= 4 is 35.8 Å². The molecule has 0 bridgehead atoms. The molecule has 2 atom stereocenters. The summed E-state index contributed by atoms with van der Waals surface area (Å²) >= 11 is 11.4. The monoisotopic (exact) mass is 367 g/mol. The summed E-state index contributed by atoms with van der Waals surface area (Å²) in [4.78, 5) is 17.4. The first-order chi connectivity index (χ1) is 10.4. The highest BCUT2D eigenvalue weighted by Crippen LogP contribution is 2.54. The van der Waals surface area contributed by atoms with Crippen LogP contribution in [0.4, 0.5) is 0 Å². The summed E-state index contributed by atoms with van der Waals surface area (Å²) in [5.74, 6) is -0.526. The summed E-state index contributed by atoms with van der Waals surface area (Å²) in [6, 6.07) is 5.42. The molecule has 9 heteroatoms. The topological polar surface area (TPSA) is 65.1 Å². The summed E-state index contributed by atoms with van der Waals surface area (Å²) in [5.41, 5.74) is 0. The van der Waals surface area contributed by atoms with Crippen molar-refractivity contribution in [3.05, 3.63) is 29.3 Å². The molecule has 1 unspecified atom stereocenters. The number of nitrogens with zero attached hydrogens (tertiary/aromatic N) is 1. The summed E-state index contributed by atoms with van der Waals surface area (Å²) in [6.45, 7) is -1.23. The van der Waals surface area contributed by atoms with Crippen molar-refractivity contribution in [2.24, 2.45) is 0 Å². The van der Waals surface area contributed by atoms with E-state index in [-0.39, 0.29) is 5.75 Å². The van der Waals surface area contributed by atoms with E-state index in [4.69, 9.17) is 36.7 Å². The van der Waals surface area contributed by atoms with Crippen molar-refractivity contribution in [1.82, 2.24) is 5.06 Å². The van der Waals surface area contributed by atoms with Gasteiger partial charge in [0, 0.05) is 22.8 Å². The van der Waals surface area contributed by atoms with E-state index in [1.54, 1.807) is 12.1 Å². The van der Waals surface area contributed by atoms with Crippen LogP contribution in [0.5, 0.6) is 5.75 Å². The number of benzene rings is 1. The van der Waals surface area contributed by atoms with Gasteiger partial charge in [-0.2, -0.15) is 5.06 Å². The molecule has 0 aliphatic carbocycles. The van der Waals surface area contributed by atoms with Gasteiger partial charge in [-0.15, -0.1) is 0 Å². The van der Waals surface area contributed by atoms with Gasteiger partial charge in [0.1, 0.15) is 11.8 Å². The van der Waals surface area contributed by atoms with Gasteiger partial charge in [0.05, 0.1) is 6.61 Å². The molecule has 6 nitrogen and oxygen atoms in total. The molecule has 1 fully saturated rings. The Morgan fingerprint density at radius 2 is 2.09 bits per heavy atom. The van der Waals surface area contributed by atoms with Crippen molar-refractivity contribution in [3.8, 4) is 5.75 Å². The lowest BCUT2D eigenvalue weighted by Crippen LogP contribution is -2.36. The average molecular weight is 368 g/mol. The summed E-state index contributed by atoms with van der Waals surface area (Å²) < 4.78 is 22.0. The number of halogens is 2. The van der Waals surface area contributed by atoms with Crippen molar-refractivity contribution in [2.45, 2.75) is 25.8 Å². The molecule has 0 N–H and O–H groups in total. The van der Waals surface area contributed by atoms with Crippen LogP contribution in [0.15, 0.2) is 24.3 Å². The van der Waals surface area contributed by atoms with Gasteiger partial charge in [-0.1, -0.05) is 11.6 Å². The molecule has 1 aliphatic heterocycles. The largest absolute Gasteiger partial charge is 0.532 e. The summed E-state index contributed by atoms with van der Waals surface area (Å²) in [5, 5.41) is 2.01. The van der Waals surface area contributed by atoms with Crippen LogP contribution >= 0.6 is 29.8 Å². The Morgan fingerprint density at radius 3 is 2.73 bits per heavy atom. The van der Waals surface area contributed by atoms with Gasteiger partial charge in [-0.3, -0.25) is 4.84 Å². The number of rotatable bonds is 6. The molecule has 0 amide bonds. The van der Waals surface area contributed by atoms with Gasteiger partial charge < -0.3 is 9.05 Å². The minimum Gasteiger partial charge on any atom is -0.405 e. The van der Waals surface area contributed by atoms with Crippen LogP contribution in [-0.4, -0.2) is 30.2 Å². The maximum Gasteiger partial charge on any atom is 0.532 e. The predicted molar refractivity (Wildman–Crippen MR) is 83.0 cm³/mol. The first-order valence-corrected chi connectivity index (χ1v) is 9.61. The quantitative estimate of drug-likeness (QED) is 0.707. The Labute approximate surface area is 138 Å². The Morgan fingerprint density at radius 1 is 1.41 bits per heavy atom. The third-order valence-corrected chi connectivity index (χ3v) is 4.49. The molecule has 2 rings (SSSR count). The SMILES string of the molecule is CCON1CCC[C@H]1C(=O)OP(=O)(Cl)Oc1ccc(Cl)cc1. The maximum absolute atomic E-state index is 12.1. The highest BCUT2D eigenvalue weighted by Gasteiger charge is 2.38. The number of carbonyl (C=O) groups excluding carboxylic acids is 1. The molecule has 122 valence electrons. The van der Waals surface area contributed by atoms with E-state index in [2.05, 4.69) is 0 Å². The maximum atomic E-state index is 12.1. The average Bonchev–Trinajstić information content (AvgIpc) is 2.89. The van der Waals surface area contributed by atoms with Crippen molar-refractivity contribution in [1.29, 1.82) is 0 Å². The van der Waals surface area contributed by atoms with Crippen LogP contribution < -0.4 is 4.52 Å². The molecule has 1 aliphatic rings. The molecule has 22 heavy (non-hydrogen) atoms. The highest BCUT2D eigenvalue weighted by atomic mass is 35.7.